The summed E-state index contributed by atoms with van der Waals surface area (Å²) in [7, 11) is 1.58. The molecule has 0 bridgehead atoms. The molecular weight excluding hydrogens is 348 g/mol. The van der Waals surface area contributed by atoms with Gasteiger partial charge in [-0.15, -0.1) is 0 Å². The van der Waals surface area contributed by atoms with E-state index in [4.69, 9.17) is 9.47 Å². The summed E-state index contributed by atoms with van der Waals surface area (Å²) in [5, 5.41) is 11.0. The maximum atomic E-state index is 12.4. The molecule has 0 spiro atoms. The first-order chi connectivity index (χ1) is 13.1. The van der Waals surface area contributed by atoms with E-state index in [1.54, 1.807) is 42.3 Å². The molecule has 1 fully saturated rings. The second-order valence-electron chi connectivity index (χ2n) is 6.17. The number of nitrogens with zero attached hydrogens (tertiary/aromatic N) is 2. The van der Waals surface area contributed by atoms with Crippen molar-refractivity contribution in [1.82, 2.24) is 4.90 Å². The Bertz CT molecular complexity index is 816. The molecule has 7 nitrogen and oxygen atoms in total. The smallest absolute Gasteiger partial charge is 0.260 e. The highest BCUT2D eigenvalue weighted by atomic mass is 16.5. The minimum absolute atomic E-state index is 0.0344. The third-order valence-corrected chi connectivity index (χ3v) is 4.48. The van der Waals surface area contributed by atoms with Crippen molar-refractivity contribution in [2.24, 2.45) is 0 Å². The Kier molecular flexibility index (Phi) is 5.80. The van der Waals surface area contributed by atoms with Gasteiger partial charge in [0.1, 0.15) is 11.5 Å². The molecule has 2 aromatic carbocycles. The maximum absolute atomic E-state index is 12.4. The molecule has 0 radical (unpaired) electrons. The van der Waals surface area contributed by atoms with Crippen molar-refractivity contribution in [2.75, 3.05) is 44.8 Å². The lowest BCUT2D eigenvalue weighted by molar-refractivity contribution is -0.255. The zero-order chi connectivity index (χ0) is 19.2. The lowest BCUT2D eigenvalue weighted by Gasteiger charge is -2.36. The van der Waals surface area contributed by atoms with E-state index in [1.807, 2.05) is 12.1 Å². The van der Waals surface area contributed by atoms with Crippen LogP contribution in [0.3, 0.4) is 0 Å². The highest BCUT2D eigenvalue weighted by Gasteiger charge is 2.21. The molecule has 0 saturated carbocycles. The molecule has 0 N–H and O–H groups in total. The second kappa shape index (κ2) is 8.44. The predicted molar refractivity (Wildman–Crippen MR) is 98.1 cm³/mol. The van der Waals surface area contributed by atoms with Gasteiger partial charge < -0.3 is 29.2 Å². The fourth-order valence-corrected chi connectivity index (χ4v) is 2.97. The molecular formula is C20H21N2O5-. The molecule has 0 aromatic heterocycles. The summed E-state index contributed by atoms with van der Waals surface area (Å²) in [5.41, 5.74) is 0.967. The SMILES string of the molecule is COc1cccc(OCC(=O)N2CCN(c3cccc(C(=O)[O-])c3)CC2)c1. The number of carboxylic acids is 1. The summed E-state index contributed by atoms with van der Waals surface area (Å²) in [4.78, 5) is 27.2. The summed E-state index contributed by atoms with van der Waals surface area (Å²) in [5.74, 6) is -0.0194. The van der Waals surface area contributed by atoms with Gasteiger partial charge in [-0.1, -0.05) is 18.2 Å². The van der Waals surface area contributed by atoms with E-state index in [1.165, 1.54) is 6.07 Å². The number of benzene rings is 2. The third-order valence-electron chi connectivity index (χ3n) is 4.48. The number of hydrogen-bond donors (Lipinski definition) is 0. The number of carbonyl (C=O) groups is 2. The van der Waals surface area contributed by atoms with E-state index in [9.17, 15) is 14.7 Å². The molecule has 0 atom stereocenters. The normalized spacial score (nSPS) is 14.0. The average molecular weight is 369 g/mol. The number of carboxylic acid groups (broad SMARTS) is 1. The van der Waals surface area contributed by atoms with Gasteiger partial charge in [-0.3, -0.25) is 4.79 Å². The van der Waals surface area contributed by atoms with E-state index in [0.29, 0.717) is 37.7 Å². The van der Waals surface area contributed by atoms with Crippen molar-refractivity contribution in [1.29, 1.82) is 0 Å². The molecule has 0 aliphatic carbocycles. The van der Waals surface area contributed by atoms with E-state index >= 15 is 0 Å². The lowest BCUT2D eigenvalue weighted by atomic mass is 10.1. The van der Waals surface area contributed by atoms with Gasteiger partial charge in [-0.2, -0.15) is 0 Å². The van der Waals surface area contributed by atoms with Crippen molar-refractivity contribution >= 4 is 17.6 Å². The first-order valence-corrected chi connectivity index (χ1v) is 8.68. The summed E-state index contributed by atoms with van der Waals surface area (Å²) in [6, 6.07) is 13.8. The maximum Gasteiger partial charge on any atom is 0.260 e. The van der Waals surface area contributed by atoms with Gasteiger partial charge in [-0.25, -0.2) is 0 Å². The summed E-state index contributed by atoms with van der Waals surface area (Å²) >= 11 is 0. The topological polar surface area (TPSA) is 82.1 Å². The minimum atomic E-state index is -1.19. The van der Waals surface area contributed by atoms with Crippen molar-refractivity contribution in [2.45, 2.75) is 0 Å². The summed E-state index contributed by atoms with van der Waals surface area (Å²) in [6.07, 6.45) is 0. The molecule has 0 unspecified atom stereocenters. The van der Waals surface area contributed by atoms with Crippen LogP contribution >= 0.6 is 0 Å². The number of piperazine rings is 1. The third kappa shape index (κ3) is 4.69. The van der Waals surface area contributed by atoms with Crippen LogP contribution in [-0.4, -0.2) is 56.7 Å². The predicted octanol–water partition coefficient (Wildman–Crippen LogP) is 0.786. The number of carbonyl (C=O) groups excluding carboxylic acids is 2. The van der Waals surface area contributed by atoms with Crippen LogP contribution in [0.25, 0.3) is 0 Å². The summed E-state index contributed by atoms with van der Waals surface area (Å²) < 4.78 is 10.7. The molecule has 2 aromatic rings. The van der Waals surface area contributed by atoms with Crippen molar-refractivity contribution in [3.63, 3.8) is 0 Å². The average Bonchev–Trinajstić information content (AvgIpc) is 2.72. The van der Waals surface area contributed by atoms with E-state index < -0.39 is 5.97 Å². The van der Waals surface area contributed by atoms with E-state index in [2.05, 4.69) is 4.90 Å². The van der Waals surface area contributed by atoms with Crippen molar-refractivity contribution in [3.05, 3.63) is 54.1 Å². The Balaban J connectivity index is 1.51. The Morgan fingerprint density at radius 3 is 2.41 bits per heavy atom. The van der Waals surface area contributed by atoms with Gasteiger partial charge in [0.25, 0.3) is 5.91 Å². The van der Waals surface area contributed by atoms with Gasteiger partial charge >= 0.3 is 0 Å². The zero-order valence-electron chi connectivity index (χ0n) is 15.1. The fourth-order valence-electron chi connectivity index (χ4n) is 2.97. The Morgan fingerprint density at radius 2 is 1.70 bits per heavy atom. The van der Waals surface area contributed by atoms with Crippen LogP contribution in [0.2, 0.25) is 0 Å². The minimum Gasteiger partial charge on any atom is -0.545 e. The second-order valence-corrected chi connectivity index (χ2v) is 6.17. The van der Waals surface area contributed by atoms with Crippen LogP contribution in [0, 0.1) is 0 Å². The molecule has 1 saturated heterocycles. The monoisotopic (exact) mass is 369 g/mol. The van der Waals surface area contributed by atoms with E-state index in [-0.39, 0.29) is 18.1 Å². The standard InChI is InChI=1S/C20H22N2O5/c1-26-17-6-3-7-18(13-17)27-14-19(23)22-10-8-21(9-11-22)16-5-2-4-15(12-16)20(24)25/h2-7,12-13H,8-11,14H2,1H3,(H,24,25)/p-1. The zero-order valence-corrected chi connectivity index (χ0v) is 15.1. The largest absolute Gasteiger partial charge is 0.545 e. The molecule has 1 aliphatic rings. The molecule has 1 amide bonds. The number of amides is 1. The highest BCUT2D eigenvalue weighted by Crippen LogP contribution is 2.20. The van der Waals surface area contributed by atoms with Crippen molar-refractivity contribution in [3.8, 4) is 11.5 Å². The number of ether oxygens (including phenoxy) is 2. The van der Waals surface area contributed by atoms with Crippen molar-refractivity contribution < 1.29 is 24.2 Å². The molecule has 142 valence electrons. The van der Waals surface area contributed by atoms with Gasteiger partial charge in [0.05, 0.1) is 13.1 Å². The van der Waals surface area contributed by atoms with Crippen LogP contribution in [-0.2, 0) is 4.79 Å². The van der Waals surface area contributed by atoms with Crippen LogP contribution in [0.5, 0.6) is 11.5 Å². The highest BCUT2D eigenvalue weighted by molar-refractivity contribution is 5.87. The molecule has 1 heterocycles. The van der Waals surface area contributed by atoms with Gasteiger partial charge in [0.15, 0.2) is 6.61 Å². The van der Waals surface area contributed by atoms with Crippen LogP contribution in [0.15, 0.2) is 48.5 Å². The Hall–Kier alpha value is -3.22. The number of hydrogen-bond acceptors (Lipinski definition) is 6. The molecule has 7 heteroatoms. The van der Waals surface area contributed by atoms with Crippen LogP contribution in [0.4, 0.5) is 5.69 Å². The Labute approximate surface area is 157 Å². The fraction of sp³-hybridized carbons (Fsp3) is 0.300. The lowest BCUT2D eigenvalue weighted by Crippen LogP contribution is -2.50. The van der Waals surface area contributed by atoms with Crippen LogP contribution in [0.1, 0.15) is 10.4 Å². The molecule has 27 heavy (non-hydrogen) atoms. The quantitative estimate of drug-likeness (QED) is 0.749. The summed E-state index contributed by atoms with van der Waals surface area (Å²) in [6.45, 7) is 2.32. The Morgan fingerprint density at radius 1 is 1.00 bits per heavy atom. The van der Waals surface area contributed by atoms with Gasteiger partial charge in [0, 0.05) is 37.9 Å². The van der Waals surface area contributed by atoms with Gasteiger partial charge in [0.2, 0.25) is 0 Å². The number of aromatic carboxylic acids is 1. The molecule has 3 rings (SSSR count). The van der Waals surface area contributed by atoms with Crippen LogP contribution < -0.4 is 19.5 Å². The molecule has 1 aliphatic heterocycles. The first-order valence-electron chi connectivity index (χ1n) is 8.68. The van der Waals surface area contributed by atoms with Gasteiger partial charge in [-0.05, 0) is 29.8 Å². The number of rotatable bonds is 6. The number of methoxy groups -OCH3 is 1. The first kappa shape index (κ1) is 18.6. The van der Waals surface area contributed by atoms with E-state index in [0.717, 1.165) is 5.69 Å². The number of anilines is 1.